The van der Waals surface area contributed by atoms with Crippen molar-refractivity contribution in [2.24, 2.45) is 0 Å². The van der Waals surface area contributed by atoms with Gasteiger partial charge in [0.25, 0.3) is 0 Å². The largest absolute Gasteiger partial charge is 0.510 e. The second kappa shape index (κ2) is 7.98. The number of rotatable bonds is 5. The van der Waals surface area contributed by atoms with E-state index in [0.717, 1.165) is 44.1 Å². The van der Waals surface area contributed by atoms with Crippen LogP contribution in [-0.4, -0.2) is 71.7 Å². The number of thiazole rings is 1. The predicted molar refractivity (Wildman–Crippen MR) is 109 cm³/mol. The fourth-order valence-corrected chi connectivity index (χ4v) is 4.44. The van der Waals surface area contributed by atoms with E-state index in [1.54, 1.807) is 0 Å². The van der Waals surface area contributed by atoms with Gasteiger partial charge in [-0.3, -0.25) is 10.3 Å². The van der Waals surface area contributed by atoms with Crippen LogP contribution in [0.5, 0.6) is 0 Å². The minimum atomic E-state index is 0.210. The highest BCUT2D eigenvalue weighted by molar-refractivity contribution is 7.11. The lowest BCUT2D eigenvalue weighted by atomic mass is 10.2. The zero-order valence-corrected chi connectivity index (χ0v) is 16.4. The Morgan fingerprint density at radius 3 is 2.78 bits per heavy atom. The summed E-state index contributed by atoms with van der Waals surface area (Å²) in [6.45, 7) is 5.28. The van der Waals surface area contributed by atoms with Crippen molar-refractivity contribution in [3.63, 3.8) is 0 Å². The van der Waals surface area contributed by atoms with E-state index in [0.29, 0.717) is 34.5 Å². The van der Waals surface area contributed by atoms with Gasteiger partial charge in [-0.2, -0.15) is 0 Å². The fraction of sp³-hybridized carbons (Fsp3) is 0.368. The van der Waals surface area contributed by atoms with Crippen molar-refractivity contribution >= 4 is 34.3 Å². The third-order valence-corrected chi connectivity index (χ3v) is 6.03. The number of benzene rings is 1. The van der Waals surface area contributed by atoms with Crippen LogP contribution in [0.2, 0.25) is 5.02 Å². The molecule has 0 spiro atoms. The Labute approximate surface area is 167 Å². The Kier molecular flexibility index (Phi) is 5.45. The Morgan fingerprint density at radius 1 is 1.22 bits per heavy atom. The average molecular weight is 405 g/mol. The molecule has 27 heavy (non-hydrogen) atoms. The molecule has 4 rings (SSSR count). The van der Waals surface area contributed by atoms with Crippen LogP contribution in [0.1, 0.15) is 5.01 Å². The van der Waals surface area contributed by atoms with Crippen molar-refractivity contribution in [2.75, 3.05) is 45.9 Å². The van der Waals surface area contributed by atoms with Gasteiger partial charge in [0.15, 0.2) is 0 Å². The van der Waals surface area contributed by atoms with Crippen LogP contribution in [0, 0.1) is 5.41 Å². The molecule has 2 aliphatic heterocycles. The topological polar surface area (TPSA) is 72.7 Å². The normalized spacial score (nSPS) is 18.6. The second-order valence-corrected chi connectivity index (χ2v) is 7.83. The van der Waals surface area contributed by atoms with Crippen molar-refractivity contribution < 1.29 is 9.84 Å². The molecule has 3 heterocycles. The van der Waals surface area contributed by atoms with E-state index in [4.69, 9.17) is 21.7 Å². The summed E-state index contributed by atoms with van der Waals surface area (Å²) in [5.41, 5.74) is 2.15. The first-order valence-electron chi connectivity index (χ1n) is 8.90. The number of aromatic nitrogens is 1. The minimum absolute atomic E-state index is 0.210. The molecule has 0 radical (unpaired) electrons. The van der Waals surface area contributed by atoms with Gasteiger partial charge in [0.1, 0.15) is 16.6 Å². The molecule has 0 aliphatic carbocycles. The maximum absolute atomic E-state index is 10.5. The standard InChI is InChI=1S/C19H21ClN4O2S/c20-14-4-2-1-3-13(14)15-12-27-19(22-15)17-16(25)11-24(18(17)21)6-5-23-7-9-26-10-8-23/h1-4,12,21,25H,5-11H2. The summed E-state index contributed by atoms with van der Waals surface area (Å²) in [5.74, 6) is 0.544. The number of nitrogens with one attached hydrogen (secondary N) is 1. The molecule has 1 aromatic carbocycles. The Hall–Kier alpha value is -1.93. The van der Waals surface area contributed by atoms with Crippen molar-refractivity contribution in [3.05, 3.63) is 45.4 Å². The van der Waals surface area contributed by atoms with Crippen molar-refractivity contribution in [2.45, 2.75) is 0 Å². The van der Waals surface area contributed by atoms with Crippen LogP contribution in [0.3, 0.4) is 0 Å². The first-order chi connectivity index (χ1) is 13.1. The predicted octanol–water partition coefficient (Wildman–Crippen LogP) is 3.36. The Bertz CT molecular complexity index is 876. The number of aliphatic hydroxyl groups is 1. The number of nitrogens with zero attached hydrogens (tertiary/aromatic N) is 3. The van der Waals surface area contributed by atoms with Crippen molar-refractivity contribution in [1.29, 1.82) is 5.41 Å². The summed E-state index contributed by atoms with van der Waals surface area (Å²) >= 11 is 7.69. The van der Waals surface area contributed by atoms with Gasteiger partial charge in [0.05, 0.1) is 31.0 Å². The molecule has 142 valence electrons. The number of morpholine rings is 1. The first kappa shape index (κ1) is 18.4. The van der Waals surface area contributed by atoms with Crippen LogP contribution in [0.15, 0.2) is 35.4 Å². The molecule has 1 fully saturated rings. The Morgan fingerprint density at radius 2 is 2.00 bits per heavy atom. The third kappa shape index (κ3) is 3.87. The van der Waals surface area contributed by atoms with E-state index in [-0.39, 0.29) is 5.76 Å². The molecule has 0 bridgehead atoms. The molecule has 6 nitrogen and oxygen atoms in total. The summed E-state index contributed by atoms with van der Waals surface area (Å²) in [5, 5.41) is 22.2. The van der Waals surface area contributed by atoms with Crippen LogP contribution < -0.4 is 0 Å². The summed E-state index contributed by atoms with van der Waals surface area (Å²) in [4.78, 5) is 8.85. The zero-order valence-electron chi connectivity index (χ0n) is 14.8. The molecule has 8 heteroatoms. The molecule has 2 aromatic rings. The molecule has 1 aromatic heterocycles. The van der Waals surface area contributed by atoms with Crippen molar-refractivity contribution in [3.8, 4) is 11.3 Å². The molecule has 2 aliphatic rings. The van der Waals surface area contributed by atoms with Crippen LogP contribution in [0.25, 0.3) is 16.8 Å². The lowest BCUT2D eigenvalue weighted by Gasteiger charge is -2.29. The number of hydrogen-bond acceptors (Lipinski definition) is 6. The quantitative estimate of drug-likeness (QED) is 0.799. The molecule has 0 unspecified atom stereocenters. The SMILES string of the molecule is N=C1C(c2nc(-c3ccccc3Cl)cs2)=C(O)CN1CCN1CCOCC1. The van der Waals surface area contributed by atoms with E-state index >= 15 is 0 Å². The third-order valence-electron chi connectivity index (χ3n) is 4.84. The summed E-state index contributed by atoms with van der Waals surface area (Å²) in [6, 6.07) is 7.55. The van der Waals surface area contributed by atoms with E-state index in [1.165, 1.54) is 11.3 Å². The highest BCUT2D eigenvalue weighted by atomic mass is 35.5. The fourth-order valence-electron chi connectivity index (χ4n) is 3.32. The summed E-state index contributed by atoms with van der Waals surface area (Å²) in [6.07, 6.45) is 0. The van der Waals surface area contributed by atoms with Gasteiger partial charge in [-0.1, -0.05) is 29.8 Å². The van der Waals surface area contributed by atoms with E-state index in [1.807, 2.05) is 34.5 Å². The highest BCUT2D eigenvalue weighted by Crippen LogP contribution is 2.34. The summed E-state index contributed by atoms with van der Waals surface area (Å²) in [7, 11) is 0. The smallest absolute Gasteiger partial charge is 0.135 e. The number of amidine groups is 1. The zero-order chi connectivity index (χ0) is 18.8. The monoisotopic (exact) mass is 404 g/mol. The molecule has 2 N–H and O–H groups in total. The Balaban J connectivity index is 1.47. The van der Waals surface area contributed by atoms with Gasteiger partial charge < -0.3 is 14.7 Å². The van der Waals surface area contributed by atoms with Gasteiger partial charge in [0.2, 0.25) is 0 Å². The van der Waals surface area contributed by atoms with Crippen LogP contribution >= 0.6 is 22.9 Å². The molecule has 0 amide bonds. The molecule has 0 atom stereocenters. The van der Waals surface area contributed by atoms with Gasteiger partial charge in [-0.05, 0) is 6.07 Å². The maximum atomic E-state index is 10.5. The molecular formula is C19H21ClN4O2S. The highest BCUT2D eigenvalue weighted by Gasteiger charge is 2.30. The number of halogens is 1. The van der Waals surface area contributed by atoms with E-state index < -0.39 is 0 Å². The minimum Gasteiger partial charge on any atom is -0.510 e. The maximum Gasteiger partial charge on any atom is 0.135 e. The number of ether oxygens (including phenoxy) is 1. The van der Waals surface area contributed by atoms with Crippen molar-refractivity contribution in [1.82, 2.24) is 14.8 Å². The van der Waals surface area contributed by atoms with Crippen LogP contribution in [0.4, 0.5) is 0 Å². The lowest BCUT2D eigenvalue weighted by Crippen LogP contribution is -2.42. The molecule has 1 saturated heterocycles. The second-order valence-electron chi connectivity index (χ2n) is 6.56. The number of aliphatic hydroxyl groups excluding tert-OH is 1. The molecule has 0 saturated carbocycles. The first-order valence-corrected chi connectivity index (χ1v) is 10.2. The summed E-state index contributed by atoms with van der Waals surface area (Å²) < 4.78 is 5.37. The van der Waals surface area contributed by atoms with Gasteiger partial charge in [0, 0.05) is 42.1 Å². The van der Waals surface area contributed by atoms with E-state index in [9.17, 15) is 5.11 Å². The van der Waals surface area contributed by atoms with E-state index in [2.05, 4.69) is 9.88 Å². The van der Waals surface area contributed by atoms with Crippen LogP contribution in [-0.2, 0) is 4.74 Å². The van der Waals surface area contributed by atoms with Gasteiger partial charge in [-0.25, -0.2) is 4.98 Å². The average Bonchev–Trinajstić information content (AvgIpc) is 3.25. The lowest BCUT2D eigenvalue weighted by molar-refractivity contribution is 0.0361. The molecular weight excluding hydrogens is 384 g/mol. The van der Waals surface area contributed by atoms with Gasteiger partial charge >= 0.3 is 0 Å². The van der Waals surface area contributed by atoms with Gasteiger partial charge in [-0.15, -0.1) is 11.3 Å². The number of hydrogen-bond donors (Lipinski definition) is 2.